The molecule has 21 heavy (non-hydrogen) atoms. The van der Waals surface area contributed by atoms with E-state index in [-0.39, 0.29) is 11.7 Å². The molecule has 1 heterocycles. The Morgan fingerprint density at radius 1 is 1.33 bits per heavy atom. The van der Waals surface area contributed by atoms with Crippen molar-refractivity contribution in [3.05, 3.63) is 34.5 Å². The predicted octanol–water partition coefficient (Wildman–Crippen LogP) is 3.84. The average Bonchev–Trinajstić information content (AvgIpc) is 2.99. The third-order valence-corrected chi connectivity index (χ3v) is 3.71. The summed E-state index contributed by atoms with van der Waals surface area (Å²) in [6.07, 6.45) is 3.28. The van der Waals surface area contributed by atoms with Crippen molar-refractivity contribution in [3.8, 4) is 5.75 Å². The molecular weight excluding hydrogens is 336 g/mol. The van der Waals surface area contributed by atoms with E-state index in [0.29, 0.717) is 19.8 Å². The summed E-state index contributed by atoms with van der Waals surface area (Å²) in [7, 11) is 1.62. The van der Waals surface area contributed by atoms with Crippen LogP contribution in [0.2, 0.25) is 0 Å². The second-order valence-corrected chi connectivity index (χ2v) is 6.49. The van der Waals surface area contributed by atoms with E-state index in [4.69, 9.17) is 18.9 Å². The Kier molecular flexibility index (Phi) is 5.67. The van der Waals surface area contributed by atoms with Crippen molar-refractivity contribution in [3.63, 3.8) is 0 Å². The molecule has 5 heteroatoms. The van der Waals surface area contributed by atoms with Crippen LogP contribution in [0.1, 0.15) is 19.4 Å². The average molecular weight is 357 g/mol. The van der Waals surface area contributed by atoms with Crippen molar-refractivity contribution in [2.75, 3.05) is 26.9 Å². The molecule has 4 nitrogen and oxygen atoms in total. The normalized spacial score (nSPS) is 16.6. The van der Waals surface area contributed by atoms with Crippen molar-refractivity contribution in [2.24, 2.45) is 5.41 Å². The van der Waals surface area contributed by atoms with E-state index in [0.717, 1.165) is 15.8 Å². The van der Waals surface area contributed by atoms with E-state index < -0.39 is 0 Å². The fraction of sp³-hybridized carbons (Fsp3) is 0.500. The standard InChI is InChI=1S/C16H21BrO4/c1-16(2,15-19-8-9-20-15)11-21-14-5-4-13(17)10-12(14)6-7-18-3/h4-7,10,15H,8-9,11H2,1-3H3/b7-6+. The number of hydrogen-bond donors (Lipinski definition) is 0. The van der Waals surface area contributed by atoms with Gasteiger partial charge in [0.15, 0.2) is 6.29 Å². The van der Waals surface area contributed by atoms with Crippen LogP contribution in [0.25, 0.3) is 6.08 Å². The summed E-state index contributed by atoms with van der Waals surface area (Å²) >= 11 is 3.46. The van der Waals surface area contributed by atoms with Gasteiger partial charge in [-0.05, 0) is 24.3 Å². The van der Waals surface area contributed by atoms with Crippen LogP contribution in [0.4, 0.5) is 0 Å². The lowest BCUT2D eigenvalue weighted by atomic mass is 9.94. The highest BCUT2D eigenvalue weighted by Crippen LogP contribution is 2.30. The first-order chi connectivity index (χ1) is 10.0. The lowest BCUT2D eigenvalue weighted by Gasteiger charge is -2.29. The minimum atomic E-state index is -0.217. The molecule has 0 saturated carbocycles. The van der Waals surface area contributed by atoms with Crippen LogP contribution in [-0.2, 0) is 14.2 Å². The Bertz CT molecular complexity index is 493. The first kappa shape index (κ1) is 16.3. The lowest BCUT2D eigenvalue weighted by molar-refractivity contribution is -0.131. The number of ether oxygens (including phenoxy) is 4. The summed E-state index contributed by atoms with van der Waals surface area (Å²) in [5, 5.41) is 0. The van der Waals surface area contributed by atoms with Crippen LogP contribution in [0.3, 0.4) is 0 Å². The van der Waals surface area contributed by atoms with Gasteiger partial charge in [-0.25, -0.2) is 0 Å². The molecular formula is C16H21BrO4. The maximum atomic E-state index is 5.98. The second-order valence-electron chi connectivity index (χ2n) is 5.57. The molecule has 0 amide bonds. The van der Waals surface area contributed by atoms with Crippen LogP contribution in [0.15, 0.2) is 28.9 Å². The van der Waals surface area contributed by atoms with E-state index >= 15 is 0 Å². The zero-order chi connectivity index (χ0) is 15.3. The molecule has 0 aromatic heterocycles. The van der Waals surface area contributed by atoms with Crippen LogP contribution < -0.4 is 4.74 Å². The number of benzene rings is 1. The highest BCUT2D eigenvalue weighted by molar-refractivity contribution is 9.10. The van der Waals surface area contributed by atoms with E-state index in [1.54, 1.807) is 13.4 Å². The van der Waals surface area contributed by atoms with Crippen molar-refractivity contribution in [1.82, 2.24) is 0 Å². The smallest absolute Gasteiger partial charge is 0.166 e. The molecule has 0 aliphatic carbocycles. The maximum absolute atomic E-state index is 5.98. The van der Waals surface area contributed by atoms with E-state index in [1.165, 1.54) is 0 Å². The quantitative estimate of drug-likeness (QED) is 0.725. The molecule has 1 aromatic carbocycles. The lowest BCUT2D eigenvalue weighted by Crippen LogP contribution is -2.35. The number of rotatable bonds is 6. The molecule has 2 rings (SSSR count). The zero-order valence-electron chi connectivity index (χ0n) is 12.6. The molecule has 0 bridgehead atoms. The summed E-state index contributed by atoms with van der Waals surface area (Å²) < 4.78 is 23.1. The van der Waals surface area contributed by atoms with Gasteiger partial charge in [-0.2, -0.15) is 0 Å². The van der Waals surface area contributed by atoms with E-state index in [9.17, 15) is 0 Å². The maximum Gasteiger partial charge on any atom is 0.166 e. The molecule has 0 atom stereocenters. The van der Waals surface area contributed by atoms with Gasteiger partial charge in [0, 0.05) is 15.5 Å². The Morgan fingerprint density at radius 2 is 2.05 bits per heavy atom. The predicted molar refractivity (Wildman–Crippen MR) is 85.2 cm³/mol. The Labute approximate surface area is 134 Å². The minimum absolute atomic E-state index is 0.216. The van der Waals surface area contributed by atoms with Crippen LogP contribution in [0.5, 0.6) is 5.75 Å². The molecule has 0 spiro atoms. The van der Waals surface area contributed by atoms with E-state index in [1.807, 2.05) is 24.3 Å². The SMILES string of the molecule is CO/C=C/c1cc(Br)ccc1OCC(C)(C)C1OCCO1. The third kappa shape index (κ3) is 4.46. The number of methoxy groups -OCH3 is 1. The first-order valence-corrected chi connectivity index (χ1v) is 7.67. The van der Waals surface area contributed by atoms with E-state index in [2.05, 4.69) is 29.8 Å². The fourth-order valence-corrected chi connectivity index (χ4v) is 2.44. The molecule has 0 N–H and O–H groups in total. The number of halogens is 1. The van der Waals surface area contributed by atoms with Crippen molar-refractivity contribution >= 4 is 22.0 Å². The first-order valence-electron chi connectivity index (χ1n) is 6.88. The summed E-state index contributed by atoms with van der Waals surface area (Å²) in [5.74, 6) is 0.803. The van der Waals surface area contributed by atoms with Crippen molar-refractivity contribution in [2.45, 2.75) is 20.1 Å². The van der Waals surface area contributed by atoms with Crippen molar-refractivity contribution < 1.29 is 18.9 Å². The largest absolute Gasteiger partial charge is 0.504 e. The van der Waals surface area contributed by atoms with Crippen molar-refractivity contribution in [1.29, 1.82) is 0 Å². The van der Waals surface area contributed by atoms with Gasteiger partial charge in [0.2, 0.25) is 0 Å². The molecule has 0 unspecified atom stereocenters. The summed E-state index contributed by atoms with van der Waals surface area (Å²) in [5.41, 5.74) is 0.738. The zero-order valence-corrected chi connectivity index (χ0v) is 14.2. The summed E-state index contributed by atoms with van der Waals surface area (Å²) in [4.78, 5) is 0. The van der Waals surface area contributed by atoms with Gasteiger partial charge in [0.1, 0.15) is 5.75 Å². The minimum Gasteiger partial charge on any atom is -0.504 e. The Balaban J connectivity index is 2.06. The Morgan fingerprint density at radius 3 is 2.71 bits per heavy atom. The summed E-state index contributed by atoms with van der Waals surface area (Å²) in [6, 6.07) is 5.88. The molecule has 1 aliphatic heterocycles. The highest BCUT2D eigenvalue weighted by atomic mass is 79.9. The Hall–Kier alpha value is -1.04. The molecule has 0 radical (unpaired) electrons. The second kappa shape index (κ2) is 7.29. The van der Waals surface area contributed by atoms with Crippen LogP contribution >= 0.6 is 15.9 Å². The summed E-state index contributed by atoms with van der Waals surface area (Å²) in [6.45, 7) is 5.95. The molecule has 1 aliphatic rings. The monoisotopic (exact) mass is 356 g/mol. The van der Waals surface area contributed by atoms with Gasteiger partial charge in [-0.1, -0.05) is 29.8 Å². The molecule has 1 fully saturated rings. The van der Waals surface area contributed by atoms with Gasteiger partial charge in [-0.15, -0.1) is 0 Å². The van der Waals surface area contributed by atoms with Gasteiger partial charge < -0.3 is 18.9 Å². The highest BCUT2D eigenvalue weighted by Gasteiger charge is 2.35. The van der Waals surface area contributed by atoms with Gasteiger partial charge in [0.25, 0.3) is 0 Å². The molecule has 116 valence electrons. The molecule has 1 saturated heterocycles. The van der Waals surface area contributed by atoms with Crippen LogP contribution in [-0.4, -0.2) is 33.2 Å². The van der Waals surface area contributed by atoms with Gasteiger partial charge in [-0.3, -0.25) is 0 Å². The topological polar surface area (TPSA) is 36.9 Å². The number of hydrogen-bond acceptors (Lipinski definition) is 4. The van der Waals surface area contributed by atoms with Crippen LogP contribution in [0, 0.1) is 5.41 Å². The third-order valence-electron chi connectivity index (χ3n) is 3.22. The van der Waals surface area contributed by atoms with Gasteiger partial charge in [0.05, 0.1) is 33.2 Å². The molecule has 1 aromatic rings. The fourth-order valence-electron chi connectivity index (χ4n) is 2.06. The van der Waals surface area contributed by atoms with Gasteiger partial charge >= 0.3 is 0 Å².